The van der Waals surface area contributed by atoms with Gasteiger partial charge in [-0.05, 0) is 34.6 Å². The van der Waals surface area contributed by atoms with Gasteiger partial charge in [0.1, 0.15) is 18.2 Å². The zero-order valence-corrected chi connectivity index (χ0v) is 27.1. The molecule has 3 unspecified atom stereocenters. The molecule has 0 saturated carbocycles. The number of nitrogens with two attached hydrogens (primary N) is 2. The van der Waals surface area contributed by atoms with Crippen molar-refractivity contribution in [2.75, 3.05) is 38.9 Å². The Morgan fingerprint density at radius 2 is 1.63 bits per heavy atom. The van der Waals surface area contributed by atoms with Gasteiger partial charge in [0.2, 0.25) is 11.8 Å². The Bertz CT molecular complexity index is 1080. The van der Waals surface area contributed by atoms with Crippen molar-refractivity contribution in [3.8, 4) is 5.88 Å². The minimum Gasteiger partial charge on any atom is -0.479 e. The molecule has 0 spiro atoms. The highest BCUT2D eigenvalue weighted by molar-refractivity contribution is 7.51. The highest BCUT2D eigenvalue weighted by Crippen LogP contribution is 2.44. The van der Waals surface area contributed by atoms with Gasteiger partial charge in [-0.25, -0.2) is 14.4 Å². The lowest BCUT2D eigenvalue weighted by Gasteiger charge is -2.28. The van der Waals surface area contributed by atoms with E-state index in [1.165, 1.54) is 27.4 Å². The summed E-state index contributed by atoms with van der Waals surface area (Å²) < 4.78 is 44.3. The Kier molecular flexibility index (Phi) is 18.7. The molecule has 0 amide bonds. The standard InChI is InChI=1S/C23H41N6O11P.C2H6/c1-12(2)39-17(31)11-38-41(34,29-14(5)22(33)40-13(3)4)37-10-16(35-6)19(32)15(30)8-9-26-18-20(24)27-23(25)28-21(18)36-7;1-2/h9,12-16,19,30,32H,8,10-11H2,1-7H3,(H,29,34)(H4,24,25,27,28);1-2H3/t14-,15+,16?,19?,41?;/m0./s1. The van der Waals surface area contributed by atoms with Crippen LogP contribution in [0, 0.1) is 0 Å². The molecule has 1 aromatic heterocycles. The number of nitrogen functional groups attached to an aromatic ring is 2. The molecule has 17 nitrogen and oxygen atoms in total. The molecule has 0 aromatic carbocycles. The zero-order chi connectivity index (χ0) is 33.3. The summed E-state index contributed by atoms with van der Waals surface area (Å²) in [6, 6.07) is -1.17. The van der Waals surface area contributed by atoms with Crippen LogP contribution in [-0.4, -0.2) is 102 Å². The Labute approximate surface area is 252 Å². The first-order chi connectivity index (χ1) is 20.1. The lowest BCUT2D eigenvalue weighted by atomic mass is 10.1. The fraction of sp³-hybridized carbons (Fsp3) is 0.720. The van der Waals surface area contributed by atoms with Crippen LogP contribution < -0.4 is 21.3 Å². The Morgan fingerprint density at radius 1 is 1.02 bits per heavy atom. The number of methoxy groups -OCH3 is 2. The van der Waals surface area contributed by atoms with E-state index in [1.54, 1.807) is 27.7 Å². The topological polar surface area (TPSA) is 249 Å². The number of carbonyl (C=O) groups is 2. The van der Waals surface area contributed by atoms with E-state index in [1.807, 2.05) is 13.8 Å². The maximum absolute atomic E-state index is 13.4. The highest BCUT2D eigenvalue weighted by atomic mass is 31.2. The Morgan fingerprint density at radius 3 is 2.16 bits per heavy atom. The number of hydrogen-bond donors (Lipinski definition) is 5. The number of carbonyl (C=O) groups excluding carboxylic acids is 2. The number of aliphatic imine (C=N–C) groups is 1. The predicted molar refractivity (Wildman–Crippen MR) is 159 cm³/mol. The molecule has 5 atom stereocenters. The molecule has 1 rings (SSSR count). The van der Waals surface area contributed by atoms with Gasteiger partial charge in [0.15, 0.2) is 18.1 Å². The molecule has 1 aromatic rings. The lowest BCUT2D eigenvalue weighted by molar-refractivity contribution is -0.150. The van der Waals surface area contributed by atoms with Gasteiger partial charge in [-0.2, -0.15) is 9.97 Å². The van der Waals surface area contributed by atoms with Gasteiger partial charge >= 0.3 is 19.7 Å². The van der Waals surface area contributed by atoms with Crippen molar-refractivity contribution in [1.82, 2.24) is 15.1 Å². The van der Waals surface area contributed by atoms with E-state index < -0.39 is 69.5 Å². The van der Waals surface area contributed by atoms with Crippen LogP contribution in [0.5, 0.6) is 5.88 Å². The van der Waals surface area contributed by atoms with Crippen molar-refractivity contribution in [2.24, 2.45) is 4.99 Å². The van der Waals surface area contributed by atoms with Gasteiger partial charge in [0, 0.05) is 19.7 Å². The number of aliphatic hydroxyl groups is 2. The van der Waals surface area contributed by atoms with E-state index in [9.17, 15) is 24.4 Å². The highest BCUT2D eigenvalue weighted by Gasteiger charge is 2.35. The number of rotatable bonds is 18. The average Bonchev–Trinajstić information content (AvgIpc) is 2.93. The van der Waals surface area contributed by atoms with Crippen molar-refractivity contribution < 1.29 is 52.4 Å². The summed E-state index contributed by atoms with van der Waals surface area (Å²) in [7, 11) is -1.84. The quantitative estimate of drug-likeness (QED) is 0.0868. The fourth-order valence-corrected chi connectivity index (χ4v) is 4.44. The van der Waals surface area contributed by atoms with Crippen LogP contribution in [0.3, 0.4) is 0 Å². The maximum atomic E-state index is 13.4. The molecule has 0 radical (unpaired) electrons. The van der Waals surface area contributed by atoms with Crippen molar-refractivity contribution in [3.63, 3.8) is 0 Å². The minimum atomic E-state index is -4.39. The van der Waals surface area contributed by atoms with Crippen LogP contribution in [0.25, 0.3) is 0 Å². The molecule has 1 heterocycles. The van der Waals surface area contributed by atoms with Crippen molar-refractivity contribution in [1.29, 1.82) is 0 Å². The molecule has 0 bridgehead atoms. The fourth-order valence-electron chi connectivity index (χ4n) is 3.02. The van der Waals surface area contributed by atoms with Crippen LogP contribution >= 0.6 is 7.75 Å². The molecule has 0 aliphatic carbocycles. The van der Waals surface area contributed by atoms with Crippen molar-refractivity contribution in [2.45, 2.75) is 91.4 Å². The monoisotopic (exact) mass is 638 g/mol. The normalized spacial score (nSPS) is 15.7. The molecular formula is C25H47N6O11P. The Balaban J connectivity index is 0.00000862. The van der Waals surface area contributed by atoms with Gasteiger partial charge in [-0.1, -0.05) is 13.8 Å². The number of ether oxygens (including phenoxy) is 4. The molecule has 0 aliphatic rings. The molecule has 0 fully saturated rings. The first-order valence-electron chi connectivity index (χ1n) is 13.6. The van der Waals surface area contributed by atoms with Gasteiger partial charge in [0.05, 0.1) is 32.0 Å². The van der Waals surface area contributed by atoms with Gasteiger partial charge < -0.3 is 40.6 Å². The first kappa shape index (κ1) is 40.1. The molecule has 0 aliphatic heterocycles. The summed E-state index contributed by atoms with van der Waals surface area (Å²) in [5.41, 5.74) is 11.4. The van der Waals surface area contributed by atoms with E-state index >= 15 is 0 Å². The van der Waals surface area contributed by atoms with E-state index in [0.29, 0.717) is 0 Å². The van der Waals surface area contributed by atoms with E-state index in [0.717, 1.165) is 0 Å². The smallest absolute Gasteiger partial charge is 0.406 e. The number of nitrogens with one attached hydrogen (secondary N) is 1. The second kappa shape index (κ2) is 20.1. The van der Waals surface area contributed by atoms with Gasteiger partial charge in [-0.3, -0.25) is 18.8 Å². The predicted octanol–water partition coefficient (Wildman–Crippen LogP) is 1.53. The summed E-state index contributed by atoms with van der Waals surface area (Å²) in [5.74, 6) is -1.74. The SMILES string of the molecule is CC.COc1nc(N)nc(N)c1N=CC[C@@H](O)C(O)C(COP(=O)(N[C@@H](C)C(=O)OC(C)C)OCC(=O)OC(C)C)OC. The number of hydrogen-bond acceptors (Lipinski definition) is 16. The van der Waals surface area contributed by atoms with E-state index in [-0.39, 0.29) is 29.8 Å². The van der Waals surface area contributed by atoms with E-state index in [4.69, 9.17) is 39.5 Å². The average molecular weight is 639 g/mol. The number of aromatic nitrogens is 2. The molecule has 7 N–H and O–H groups in total. The number of anilines is 2. The largest absolute Gasteiger partial charge is 0.479 e. The molecule has 18 heteroatoms. The summed E-state index contributed by atoms with van der Waals surface area (Å²) in [6.45, 7) is 10.5. The zero-order valence-electron chi connectivity index (χ0n) is 26.2. The van der Waals surface area contributed by atoms with E-state index in [2.05, 4.69) is 20.0 Å². The van der Waals surface area contributed by atoms with Crippen LogP contribution in [0.2, 0.25) is 0 Å². The number of nitrogens with zero attached hydrogens (tertiary/aromatic N) is 3. The molecule has 0 saturated heterocycles. The summed E-state index contributed by atoms with van der Waals surface area (Å²) >= 11 is 0. The maximum Gasteiger partial charge on any atom is 0.406 e. The minimum absolute atomic E-state index is 0.0106. The number of aliphatic hydroxyl groups excluding tert-OH is 2. The first-order valence-corrected chi connectivity index (χ1v) is 15.1. The third kappa shape index (κ3) is 14.9. The second-order valence-corrected chi connectivity index (χ2v) is 10.9. The summed E-state index contributed by atoms with van der Waals surface area (Å²) in [4.78, 5) is 35.9. The van der Waals surface area contributed by atoms with Crippen molar-refractivity contribution >= 4 is 43.4 Å². The van der Waals surface area contributed by atoms with Gasteiger partial charge in [-0.15, -0.1) is 0 Å². The summed E-state index contributed by atoms with van der Waals surface area (Å²) in [6.07, 6.45) is -4.11. The third-order valence-electron chi connectivity index (χ3n) is 4.92. The Hall–Kier alpha value is -2.92. The molecular weight excluding hydrogens is 591 g/mol. The second-order valence-electron chi connectivity index (χ2n) is 9.15. The van der Waals surface area contributed by atoms with Crippen LogP contribution in [-0.2, 0) is 37.4 Å². The molecule has 43 heavy (non-hydrogen) atoms. The van der Waals surface area contributed by atoms with Crippen LogP contribution in [0.15, 0.2) is 4.99 Å². The van der Waals surface area contributed by atoms with Crippen molar-refractivity contribution in [3.05, 3.63) is 0 Å². The van der Waals surface area contributed by atoms with Crippen LogP contribution in [0.1, 0.15) is 54.9 Å². The van der Waals surface area contributed by atoms with Gasteiger partial charge in [0.25, 0.3) is 0 Å². The third-order valence-corrected chi connectivity index (χ3v) is 6.58. The lowest BCUT2D eigenvalue weighted by Crippen LogP contribution is -2.42. The molecule has 248 valence electrons. The van der Waals surface area contributed by atoms with Crippen LogP contribution in [0.4, 0.5) is 17.5 Å². The number of esters is 2. The summed E-state index contributed by atoms with van der Waals surface area (Å²) in [5, 5.41) is 23.5.